The van der Waals surface area contributed by atoms with Crippen LogP contribution in [0.15, 0.2) is 10.6 Å². The Morgan fingerprint density at radius 1 is 1.40 bits per heavy atom. The van der Waals surface area contributed by atoms with E-state index in [0.29, 0.717) is 6.42 Å². The molecule has 0 saturated carbocycles. The molecule has 0 aliphatic heterocycles. The van der Waals surface area contributed by atoms with Crippen LogP contribution in [0.1, 0.15) is 40.0 Å². The summed E-state index contributed by atoms with van der Waals surface area (Å²) in [5, 5.41) is 0.174. The van der Waals surface area contributed by atoms with E-state index in [1.54, 1.807) is 0 Å². The van der Waals surface area contributed by atoms with E-state index in [1.165, 1.54) is 6.92 Å². The molecule has 1 aliphatic rings. The molecule has 1 atom stereocenters. The van der Waals surface area contributed by atoms with E-state index in [1.807, 2.05) is 13.8 Å². The fraction of sp³-hybridized carbons (Fsp3) is 0.692. The van der Waals surface area contributed by atoms with Crippen molar-refractivity contribution in [2.24, 2.45) is 5.41 Å². The molecule has 0 N–H and O–H groups in total. The van der Waals surface area contributed by atoms with Crippen LogP contribution in [0.3, 0.4) is 0 Å². The van der Waals surface area contributed by atoms with Gasteiger partial charge in [0.2, 0.25) is 0 Å². The summed E-state index contributed by atoms with van der Waals surface area (Å²) in [4.78, 5) is 22.9. The number of halogens is 4. The summed E-state index contributed by atoms with van der Waals surface area (Å²) in [6.07, 6.45) is -5.74. The number of alkyl halides is 3. The molecule has 3 nitrogen and oxygen atoms in total. The second-order valence-corrected chi connectivity index (χ2v) is 6.02. The summed E-state index contributed by atoms with van der Waals surface area (Å²) in [7, 11) is 0. The molecule has 1 aliphatic carbocycles. The Labute approximate surface area is 120 Å². The average Bonchev–Trinajstić information content (AvgIpc) is 2.23. The summed E-state index contributed by atoms with van der Waals surface area (Å²) in [6.45, 7) is 5.21. The van der Waals surface area contributed by atoms with Gasteiger partial charge in [-0.1, -0.05) is 32.4 Å². The highest BCUT2D eigenvalue weighted by Gasteiger charge is 2.44. The third kappa shape index (κ3) is 3.98. The number of hydrogen-bond acceptors (Lipinski definition) is 3. The fourth-order valence-corrected chi connectivity index (χ4v) is 2.74. The number of carbonyl (C=O) groups excluding carboxylic acids is 2. The first-order valence-corrected chi connectivity index (χ1v) is 6.55. The lowest BCUT2D eigenvalue weighted by molar-refractivity contribution is -0.203. The summed E-state index contributed by atoms with van der Waals surface area (Å²) in [6, 6.07) is 0. The molecule has 1 unspecified atom stereocenters. The average molecular weight is 313 g/mol. The Bertz CT molecular complexity index is 452. The predicted octanol–water partition coefficient (Wildman–Crippen LogP) is 3.75. The highest BCUT2D eigenvalue weighted by atomic mass is 35.5. The van der Waals surface area contributed by atoms with Crippen molar-refractivity contribution in [3.8, 4) is 0 Å². The number of Topliss-reactive ketones (excluding diaryl/α,β-unsaturated/α-hetero) is 1. The molecule has 7 heteroatoms. The topological polar surface area (TPSA) is 43.4 Å². The lowest BCUT2D eigenvalue weighted by Gasteiger charge is -2.32. The van der Waals surface area contributed by atoms with Crippen molar-refractivity contribution in [2.75, 3.05) is 0 Å². The molecule has 0 fully saturated rings. The number of hydrogen-bond donors (Lipinski definition) is 0. The maximum Gasteiger partial charge on any atom is 0.490 e. The number of carbonyl (C=O) groups is 2. The fourth-order valence-electron chi connectivity index (χ4n) is 2.16. The van der Waals surface area contributed by atoms with E-state index in [0.717, 1.165) is 0 Å². The van der Waals surface area contributed by atoms with Gasteiger partial charge < -0.3 is 4.74 Å². The van der Waals surface area contributed by atoms with Crippen molar-refractivity contribution in [3.05, 3.63) is 10.6 Å². The Kier molecular flexibility index (Phi) is 4.90. The van der Waals surface area contributed by atoms with Gasteiger partial charge in [0.05, 0.1) is 5.57 Å². The summed E-state index contributed by atoms with van der Waals surface area (Å²) >= 11 is 6.02. The minimum absolute atomic E-state index is 0.00825. The van der Waals surface area contributed by atoms with Gasteiger partial charge in [-0.3, -0.25) is 4.79 Å². The first kappa shape index (κ1) is 17.0. The Balaban J connectivity index is 3.01. The zero-order chi connectivity index (χ0) is 15.7. The second-order valence-electron chi connectivity index (χ2n) is 5.56. The largest absolute Gasteiger partial charge is 0.490 e. The number of esters is 1. The van der Waals surface area contributed by atoms with E-state index in [2.05, 4.69) is 4.74 Å². The van der Waals surface area contributed by atoms with Crippen molar-refractivity contribution in [2.45, 2.75) is 52.3 Å². The highest BCUT2D eigenvalue weighted by Crippen LogP contribution is 2.40. The molecule has 0 amide bonds. The summed E-state index contributed by atoms with van der Waals surface area (Å²) in [5.41, 5.74) is -0.352. The van der Waals surface area contributed by atoms with Crippen LogP contribution < -0.4 is 0 Å². The number of ketones is 1. The zero-order valence-electron chi connectivity index (χ0n) is 11.4. The first-order chi connectivity index (χ1) is 8.98. The molecule has 0 heterocycles. The van der Waals surface area contributed by atoms with Gasteiger partial charge in [-0.05, 0) is 18.3 Å². The summed E-state index contributed by atoms with van der Waals surface area (Å²) < 4.78 is 41.1. The molecule has 114 valence electrons. The third-order valence-electron chi connectivity index (χ3n) is 3.04. The monoisotopic (exact) mass is 312 g/mol. The normalized spacial score (nSPS) is 20.9. The number of rotatable bonds is 3. The summed E-state index contributed by atoms with van der Waals surface area (Å²) in [5.74, 6) is -2.67. The Morgan fingerprint density at radius 2 is 1.95 bits per heavy atom. The van der Waals surface area contributed by atoms with Crippen LogP contribution in [0.4, 0.5) is 13.2 Å². The second kappa shape index (κ2) is 5.76. The Hall–Kier alpha value is -1.04. The smallest absolute Gasteiger partial charge is 0.451 e. The van der Waals surface area contributed by atoms with E-state index in [9.17, 15) is 22.8 Å². The van der Waals surface area contributed by atoms with Crippen LogP contribution in [0.2, 0.25) is 0 Å². The lowest BCUT2D eigenvalue weighted by atomic mass is 9.76. The molecule has 0 radical (unpaired) electrons. The van der Waals surface area contributed by atoms with Gasteiger partial charge in [-0.25, -0.2) is 4.79 Å². The SMILES string of the molecule is CCC(OC(=O)C(F)(F)F)C1=C(Cl)CC(C)(C)CC1=O. The quantitative estimate of drug-likeness (QED) is 0.745. The first-order valence-electron chi connectivity index (χ1n) is 6.17. The molecule has 1 rings (SSSR count). The highest BCUT2D eigenvalue weighted by molar-refractivity contribution is 6.32. The van der Waals surface area contributed by atoms with Crippen molar-refractivity contribution in [3.63, 3.8) is 0 Å². The van der Waals surface area contributed by atoms with Crippen molar-refractivity contribution >= 4 is 23.4 Å². The van der Waals surface area contributed by atoms with Crippen LogP contribution in [0.25, 0.3) is 0 Å². The molecule has 20 heavy (non-hydrogen) atoms. The van der Waals surface area contributed by atoms with Crippen LogP contribution in [-0.4, -0.2) is 24.0 Å². The van der Waals surface area contributed by atoms with Gasteiger partial charge >= 0.3 is 12.1 Å². The van der Waals surface area contributed by atoms with Crippen LogP contribution in [0.5, 0.6) is 0 Å². The van der Waals surface area contributed by atoms with Gasteiger partial charge in [0.15, 0.2) is 5.78 Å². The molecule has 0 aromatic carbocycles. The van der Waals surface area contributed by atoms with Gasteiger partial charge in [0, 0.05) is 11.5 Å². The van der Waals surface area contributed by atoms with Crippen molar-refractivity contribution < 1.29 is 27.5 Å². The molecular formula is C13H16ClF3O3. The maximum atomic E-state index is 12.2. The number of ether oxygens (including phenoxy) is 1. The van der Waals surface area contributed by atoms with Crippen molar-refractivity contribution in [1.82, 2.24) is 0 Å². The lowest BCUT2D eigenvalue weighted by Crippen LogP contribution is -2.35. The van der Waals surface area contributed by atoms with Gasteiger partial charge in [0.25, 0.3) is 0 Å². The number of allylic oxidation sites excluding steroid dienone is 1. The van der Waals surface area contributed by atoms with E-state index < -0.39 is 18.2 Å². The van der Waals surface area contributed by atoms with E-state index >= 15 is 0 Å². The van der Waals surface area contributed by atoms with Gasteiger partial charge in [-0.2, -0.15) is 13.2 Å². The molecule has 0 aromatic rings. The van der Waals surface area contributed by atoms with Crippen LogP contribution >= 0.6 is 11.6 Å². The van der Waals surface area contributed by atoms with Crippen LogP contribution in [0, 0.1) is 5.41 Å². The van der Waals surface area contributed by atoms with E-state index in [-0.39, 0.29) is 34.6 Å². The molecule has 0 aromatic heterocycles. The molecule has 0 spiro atoms. The molecular weight excluding hydrogens is 297 g/mol. The van der Waals surface area contributed by atoms with Crippen LogP contribution in [-0.2, 0) is 14.3 Å². The Morgan fingerprint density at radius 3 is 2.35 bits per heavy atom. The van der Waals surface area contributed by atoms with Crippen molar-refractivity contribution in [1.29, 1.82) is 0 Å². The predicted molar refractivity (Wildman–Crippen MR) is 67.1 cm³/mol. The zero-order valence-corrected chi connectivity index (χ0v) is 12.2. The van der Waals surface area contributed by atoms with Gasteiger partial charge in [-0.15, -0.1) is 0 Å². The minimum Gasteiger partial charge on any atom is -0.451 e. The molecule has 0 saturated heterocycles. The third-order valence-corrected chi connectivity index (χ3v) is 3.38. The minimum atomic E-state index is -5.09. The standard InChI is InChI=1S/C13H16ClF3O3/c1-4-9(20-11(19)13(15,16)17)10-7(14)5-12(2,3)6-8(10)18/h9H,4-6H2,1-3H3. The molecule has 0 bridgehead atoms. The van der Waals surface area contributed by atoms with E-state index in [4.69, 9.17) is 11.6 Å². The maximum absolute atomic E-state index is 12.2. The van der Waals surface area contributed by atoms with Gasteiger partial charge in [0.1, 0.15) is 6.10 Å².